The molecule has 6 atom stereocenters. The van der Waals surface area contributed by atoms with E-state index < -0.39 is 39.4 Å². The summed E-state index contributed by atoms with van der Waals surface area (Å²) in [5.41, 5.74) is 3.75. The molecule has 0 saturated carbocycles. The Morgan fingerprint density at radius 3 is 2.56 bits per heavy atom. The minimum atomic E-state index is -1.00. The molecule has 2 aromatic carbocycles. The van der Waals surface area contributed by atoms with Crippen LogP contribution in [0.5, 0.6) is 0 Å². The molecule has 1 unspecified atom stereocenters. The summed E-state index contributed by atoms with van der Waals surface area (Å²) in [7, 11) is 0. The Hall–Kier alpha value is -3.36. The fraction of sp³-hybridized carbons (Fsp3) is 0.424. The number of rotatable bonds is 5. The van der Waals surface area contributed by atoms with Crippen molar-refractivity contribution in [2.24, 2.45) is 11.8 Å². The van der Waals surface area contributed by atoms with Crippen LogP contribution >= 0.6 is 11.8 Å². The molecule has 4 aliphatic heterocycles. The van der Waals surface area contributed by atoms with Gasteiger partial charge in [0.15, 0.2) is 0 Å². The maximum absolute atomic E-state index is 14.8. The molecule has 2 amide bonds. The van der Waals surface area contributed by atoms with Crippen molar-refractivity contribution < 1.29 is 24.2 Å². The standard InChI is InChI=1S/C33H36N2O5S/c1-21-12-13-22(2)25(18-21)34-16-9-15-33-26(27-31(39)40-17-8-7-14-32(27,3)41-33)29(37)35(28(33)30(34)38)24(20-36)19-23-10-5-4-6-11-23/h4-7,9-15,18,24,26-28,36H,8,16-17,19-20H2,1-3H3/t24-,26+,27-,28?,32+,33+/m1/s1. The van der Waals surface area contributed by atoms with Crippen LogP contribution in [-0.4, -0.2) is 69.1 Å². The minimum Gasteiger partial charge on any atom is -0.465 e. The van der Waals surface area contributed by atoms with Crippen LogP contribution < -0.4 is 4.90 Å². The smallest absolute Gasteiger partial charge is 0.311 e. The van der Waals surface area contributed by atoms with Crippen LogP contribution in [0.2, 0.25) is 0 Å². The lowest BCUT2D eigenvalue weighted by Gasteiger charge is -2.40. The molecule has 2 fully saturated rings. The molecule has 4 aliphatic rings. The lowest BCUT2D eigenvalue weighted by molar-refractivity contribution is -0.154. The van der Waals surface area contributed by atoms with Crippen LogP contribution in [0, 0.1) is 25.7 Å². The maximum atomic E-state index is 14.8. The number of hydrogen-bond acceptors (Lipinski definition) is 6. The van der Waals surface area contributed by atoms with E-state index in [1.54, 1.807) is 9.80 Å². The highest BCUT2D eigenvalue weighted by Crippen LogP contribution is 2.65. The topological polar surface area (TPSA) is 87.2 Å². The first-order valence-electron chi connectivity index (χ1n) is 14.3. The van der Waals surface area contributed by atoms with Crippen molar-refractivity contribution in [2.75, 3.05) is 24.7 Å². The second-order valence-corrected chi connectivity index (χ2v) is 13.6. The molecule has 214 valence electrons. The van der Waals surface area contributed by atoms with Gasteiger partial charge in [-0.05, 0) is 56.4 Å². The molecular formula is C33H36N2O5S. The predicted octanol–water partition coefficient (Wildman–Crippen LogP) is 4.00. The molecule has 0 radical (unpaired) electrons. The van der Waals surface area contributed by atoms with E-state index in [0.29, 0.717) is 19.4 Å². The maximum Gasteiger partial charge on any atom is 0.311 e. The van der Waals surface area contributed by atoms with Gasteiger partial charge in [-0.15, -0.1) is 11.8 Å². The number of thioether (sulfide) groups is 1. The number of ether oxygens (including phenoxy) is 1. The van der Waals surface area contributed by atoms with Gasteiger partial charge in [-0.25, -0.2) is 0 Å². The Labute approximate surface area is 245 Å². The number of fused-ring (bicyclic) bond motifs is 2. The second kappa shape index (κ2) is 10.5. The first-order chi connectivity index (χ1) is 19.7. The molecule has 4 heterocycles. The summed E-state index contributed by atoms with van der Waals surface area (Å²) in [5, 5.41) is 10.7. The van der Waals surface area contributed by atoms with Gasteiger partial charge in [0.05, 0.1) is 35.8 Å². The third-order valence-corrected chi connectivity index (χ3v) is 10.8. The molecule has 0 bridgehead atoms. The third kappa shape index (κ3) is 4.43. The van der Waals surface area contributed by atoms with Gasteiger partial charge in [0.25, 0.3) is 5.91 Å². The van der Waals surface area contributed by atoms with Gasteiger partial charge in [-0.2, -0.15) is 0 Å². The predicted molar refractivity (Wildman–Crippen MR) is 159 cm³/mol. The van der Waals surface area contributed by atoms with E-state index in [1.165, 1.54) is 11.8 Å². The zero-order valence-corrected chi connectivity index (χ0v) is 24.5. The number of hydrogen-bond donors (Lipinski definition) is 1. The normalized spacial score (nSPS) is 31.6. The minimum absolute atomic E-state index is 0.200. The number of benzene rings is 2. The first kappa shape index (κ1) is 27.8. The zero-order chi connectivity index (χ0) is 28.9. The van der Waals surface area contributed by atoms with Gasteiger partial charge in [-0.3, -0.25) is 14.4 Å². The third-order valence-electron chi connectivity index (χ3n) is 9.03. The number of carbonyl (C=O) groups excluding carboxylic acids is 3. The Morgan fingerprint density at radius 2 is 1.80 bits per heavy atom. The summed E-state index contributed by atoms with van der Waals surface area (Å²) < 4.78 is 3.92. The van der Waals surface area contributed by atoms with Gasteiger partial charge in [0.1, 0.15) is 6.04 Å². The summed E-state index contributed by atoms with van der Waals surface area (Å²) >= 11 is 1.52. The molecular weight excluding hydrogens is 536 g/mol. The van der Waals surface area contributed by atoms with Gasteiger partial charge in [-0.1, -0.05) is 66.8 Å². The van der Waals surface area contributed by atoms with Crippen LogP contribution in [0.3, 0.4) is 0 Å². The van der Waals surface area contributed by atoms with Crippen molar-refractivity contribution in [2.45, 2.75) is 55.2 Å². The van der Waals surface area contributed by atoms with Crippen LogP contribution in [0.1, 0.15) is 30.0 Å². The Balaban J connectivity index is 1.52. The quantitative estimate of drug-likeness (QED) is 0.431. The monoisotopic (exact) mass is 572 g/mol. The molecule has 7 nitrogen and oxygen atoms in total. The highest BCUT2D eigenvalue weighted by molar-refractivity contribution is 8.02. The molecule has 0 aliphatic carbocycles. The number of esters is 1. The lowest BCUT2D eigenvalue weighted by Crippen LogP contribution is -2.57. The Bertz CT molecular complexity index is 1440. The molecule has 1 spiro atoms. The largest absolute Gasteiger partial charge is 0.465 e. The van der Waals surface area contributed by atoms with E-state index in [-0.39, 0.29) is 25.0 Å². The SMILES string of the molecule is Cc1ccc(C)c(N2CC=C[C@]34S[C@@]5(C)C=CCCOC(=O)[C@H]5[C@H]3C(=O)N([C@@H](CO)Cc3ccccc3)C4C2=O)c1. The van der Waals surface area contributed by atoms with E-state index in [4.69, 9.17) is 4.74 Å². The van der Waals surface area contributed by atoms with E-state index in [0.717, 1.165) is 22.4 Å². The second-order valence-electron chi connectivity index (χ2n) is 11.8. The van der Waals surface area contributed by atoms with Crippen molar-refractivity contribution in [1.82, 2.24) is 4.90 Å². The Kier molecular flexibility index (Phi) is 7.10. The highest BCUT2D eigenvalue weighted by Gasteiger charge is 2.74. The fourth-order valence-electron chi connectivity index (χ4n) is 7.18. The van der Waals surface area contributed by atoms with Crippen molar-refractivity contribution in [1.29, 1.82) is 0 Å². The van der Waals surface area contributed by atoms with E-state index in [9.17, 15) is 19.5 Å². The van der Waals surface area contributed by atoms with E-state index in [2.05, 4.69) is 0 Å². The number of aliphatic hydroxyl groups excluding tert-OH is 1. The fourth-order valence-corrected chi connectivity index (χ4v) is 9.32. The average molecular weight is 573 g/mol. The van der Waals surface area contributed by atoms with Gasteiger partial charge < -0.3 is 19.6 Å². The summed E-state index contributed by atoms with van der Waals surface area (Å²) in [4.78, 5) is 46.5. The molecule has 2 saturated heterocycles. The van der Waals surface area contributed by atoms with Crippen LogP contribution in [0.15, 0.2) is 72.8 Å². The number of amides is 2. The van der Waals surface area contributed by atoms with Crippen LogP contribution in [-0.2, 0) is 25.5 Å². The highest BCUT2D eigenvalue weighted by atomic mass is 32.2. The lowest BCUT2D eigenvalue weighted by atomic mass is 9.74. The zero-order valence-electron chi connectivity index (χ0n) is 23.7. The van der Waals surface area contributed by atoms with Crippen molar-refractivity contribution in [3.8, 4) is 0 Å². The summed E-state index contributed by atoms with van der Waals surface area (Å²) in [6, 6.07) is 14.2. The number of carbonyl (C=O) groups is 3. The number of nitrogens with zero attached hydrogens (tertiary/aromatic N) is 2. The molecule has 2 aromatic rings. The molecule has 8 heteroatoms. The van der Waals surface area contributed by atoms with Crippen LogP contribution in [0.25, 0.3) is 0 Å². The van der Waals surface area contributed by atoms with E-state index >= 15 is 0 Å². The number of cyclic esters (lactones) is 1. The molecule has 1 N–H and O–H groups in total. The van der Waals surface area contributed by atoms with E-state index in [1.807, 2.05) is 93.6 Å². The van der Waals surface area contributed by atoms with Gasteiger partial charge >= 0.3 is 5.97 Å². The number of aryl methyl sites for hydroxylation is 2. The van der Waals surface area contributed by atoms with Gasteiger partial charge in [0.2, 0.25) is 5.91 Å². The van der Waals surface area contributed by atoms with Crippen molar-refractivity contribution >= 4 is 35.2 Å². The van der Waals surface area contributed by atoms with Gasteiger partial charge in [0, 0.05) is 17.0 Å². The number of aliphatic hydroxyl groups is 1. The number of likely N-dealkylation sites (tertiary alicyclic amines) is 1. The van der Waals surface area contributed by atoms with Crippen LogP contribution in [0.4, 0.5) is 5.69 Å². The van der Waals surface area contributed by atoms with Crippen molar-refractivity contribution in [3.63, 3.8) is 0 Å². The molecule has 6 rings (SSSR count). The van der Waals surface area contributed by atoms with Crippen molar-refractivity contribution in [3.05, 3.63) is 89.5 Å². The first-order valence-corrected chi connectivity index (χ1v) is 15.1. The average Bonchev–Trinajstić information content (AvgIpc) is 3.28. The molecule has 0 aromatic heterocycles. The Morgan fingerprint density at radius 1 is 1.02 bits per heavy atom. The summed E-state index contributed by atoms with van der Waals surface area (Å²) in [6.07, 6.45) is 9.01. The summed E-state index contributed by atoms with van der Waals surface area (Å²) in [5.74, 6) is -2.45. The summed E-state index contributed by atoms with van der Waals surface area (Å²) in [6.45, 7) is 6.25. The molecule has 41 heavy (non-hydrogen) atoms. The number of anilines is 1.